The molecule has 0 saturated carbocycles. The van der Waals surface area contributed by atoms with Crippen molar-refractivity contribution < 1.29 is 19.8 Å². The van der Waals surface area contributed by atoms with E-state index in [1.807, 2.05) is 0 Å². The molecule has 0 aliphatic carbocycles. The van der Waals surface area contributed by atoms with E-state index in [0.717, 1.165) is 6.21 Å². The molecule has 0 aliphatic heterocycles. The zero-order valence-electron chi connectivity index (χ0n) is 8.65. The Hall–Kier alpha value is -2.41. The molecule has 0 bridgehead atoms. The van der Waals surface area contributed by atoms with Gasteiger partial charge in [0.15, 0.2) is 0 Å². The Morgan fingerprint density at radius 2 is 1.76 bits per heavy atom. The zero-order valence-corrected chi connectivity index (χ0v) is 8.65. The molecule has 7 heteroatoms. The second kappa shape index (κ2) is 4.22. The van der Waals surface area contributed by atoms with Gasteiger partial charge >= 0.3 is 5.69 Å². The molecule has 0 atom stereocenters. The molecule has 2 aromatic rings. The van der Waals surface area contributed by atoms with E-state index >= 15 is 0 Å². The number of nitrogens with zero attached hydrogens (tertiary/aromatic N) is 3. The Balaban J connectivity index is 2.93. The predicted octanol–water partition coefficient (Wildman–Crippen LogP) is -0.593. The zero-order chi connectivity index (χ0) is 12.4. The number of hydrogen-bond acceptors (Lipinski definition) is 5. The number of rotatable bonds is 2. The minimum Gasteiger partial charge on any atom is -0.618 e. The molecule has 0 unspecified atom stereocenters. The summed E-state index contributed by atoms with van der Waals surface area (Å²) in [6.45, 7) is -0.627. The Morgan fingerprint density at radius 1 is 1.18 bits per heavy atom. The quantitative estimate of drug-likeness (QED) is 0.238. The van der Waals surface area contributed by atoms with Gasteiger partial charge in [-0.25, -0.2) is 0 Å². The molecule has 0 aliphatic rings. The number of aliphatic hydroxyl groups excluding tert-OH is 1. The first-order chi connectivity index (χ1) is 8.20. The van der Waals surface area contributed by atoms with E-state index in [0.29, 0.717) is 9.46 Å². The van der Waals surface area contributed by atoms with Crippen LogP contribution in [0, 0.1) is 10.4 Å². The first-order valence-electron chi connectivity index (χ1n) is 4.75. The topological polar surface area (TPSA) is 107 Å². The summed E-state index contributed by atoms with van der Waals surface area (Å²) in [5.41, 5.74) is -0.0866. The van der Waals surface area contributed by atoms with Gasteiger partial charge in [-0.1, -0.05) is 17.3 Å². The Labute approximate surface area is 95.6 Å². The van der Waals surface area contributed by atoms with Crippen LogP contribution in [-0.2, 0) is 6.61 Å². The molecule has 1 heterocycles. The molecule has 2 rings (SSSR count). The van der Waals surface area contributed by atoms with E-state index in [-0.39, 0.29) is 22.4 Å². The molecule has 1 aromatic carbocycles. The van der Waals surface area contributed by atoms with Crippen LogP contribution in [0.25, 0.3) is 11.0 Å². The van der Waals surface area contributed by atoms with Gasteiger partial charge in [0.25, 0.3) is 16.7 Å². The van der Waals surface area contributed by atoms with Crippen LogP contribution in [0.1, 0.15) is 11.4 Å². The third kappa shape index (κ3) is 1.62. The highest BCUT2D eigenvalue weighted by atomic mass is 16.5. The maximum absolute atomic E-state index is 11.9. The summed E-state index contributed by atoms with van der Waals surface area (Å²) < 4.78 is 0.885. The van der Waals surface area contributed by atoms with Gasteiger partial charge in [0.05, 0.1) is 0 Å². The first kappa shape index (κ1) is 11.1. The molecular formula is C10H9N3O4. The summed E-state index contributed by atoms with van der Waals surface area (Å²) in [6.07, 6.45) is 0.819. The molecule has 0 radical (unpaired) electrons. The van der Waals surface area contributed by atoms with Gasteiger partial charge in [-0.3, -0.25) is 0 Å². The summed E-state index contributed by atoms with van der Waals surface area (Å²) in [5, 5.41) is 44.0. The van der Waals surface area contributed by atoms with Gasteiger partial charge in [-0.15, -0.1) is 0 Å². The van der Waals surface area contributed by atoms with E-state index < -0.39 is 6.61 Å². The van der Waals surface area contributed by atoms with Crippen molar-refractivity contribution in [1.82, 2.24) is 0 Å². The molecule has 0 spiro atoms. The largest absolute Gasteiger partial charge is 0.618 e. The Kier molecular flexibility index (Phi) is 2.75. The van der Waals surface area contributed by atoms with Crippen LogP contribution in [0.15, 0.2) is 29.4 Å². The van der Waals surface area contributed by atoms with Crippen LogP contribution in [0.4, 0.5) is 0 Å². The van der Waals surface area contributed by atoms with Gasteiger partial charge in [0, 0.05) is 12.1 Å². The molecule has 0 fully saturated rings. The smallest absolute Gasteiger partial charge is 0.310 e. The van der Waals surface area contributed by atoms with E-state index in [1.54, 1.807) is 12.1 Å². The van der Waals surface area contributed by atoms with Crippen LogP contribution in [0.5, 0.6) is 0 Å². The lowest BCUT2D eigenvalue weighted by Gasteiger charge is -2.09. The normalized spacial score (nSPS) is 11.4. The molecule has 2 N–H and O–H groups in total. The number of oxime groups is 1. The average Bonchev–Trinajstić information content (AvgIpc) is 2.36. The highest BCUT2D eigenvalue weighted by Gasteiger charge is 2.25. The standard InChI is InChI=1S/C10H9N3O4/c14-6-10-9(5-11-15)12(16)7-3-1-2-4-8(7)13(10)17/h1-5,14-15H,6H2/b11-5+. The van der Waals surface area contributed by atoms with Gasteiger partial charge in [-0.05, 0) is 0 Å². The maximum atomic E-state index is 11.9. The fourth-order valence-corrected chi connectivity index (χ4v) is 1.63. The molecule has 7 nitrogen and oxygen atoms in total. The average molecular weight is 235 g/mol. The second-order valence-corrected chi connectivity index (χ2v) is 3.31. The van der Waals surface area contributed by atoms with E-state index in [1.165, 1.54) is 12.1 Å². The number of fused-ring (bicyclic) bond motifs is 1. The van der Waals surface area contributed by atoms with Crippen molar-refractivity contribution in [2.24, 2.45) is 5.16 Å². The van der Waals surface area contributed by atoms with E-state index in [4.69, 9.17) is 10.3 Å². The molecule has 1 aromatic heterocycles. The Morgan fingerprint density at radius 3 is 2.29 bits per heavy atom. The lowest BCUT2D eigenvalue weighted by molar-refractivity contribution is -0.637. The van der Waals surface area contributed by atoms with Crippen molar-refractivity contribution in [3.05, 3.63) is 46.1 Å². The monoisotopic (exact) mass is 235 g/mol. The van der Waals surface area contributed by atoms with Crippen molar-refractivity contribution >= 4 is 17.2 Å². The summed E-state index contributed by atoms with van der Waals surface area (Å²) in [5.74, 6) is 0. The molecule has 0 saturated heterocycles. The number of para-hydroxylation sites is 2. The van der Waals surface area contributed by atoms with Gasteiger partial charge in [0.2, 0.25) is 0 Å². The summed E-state index contributed by atoms with van der Waals surface area (Å²) in [4.78, 5) is 0. The van der Waals surface area contributed by atoms with Crippen LogP contribution < -0.4 is 9.46 Å². The summed E-state index contributed by atoms with van der Waals surface area (Å²) in [6, 6.07) is 6.15. The third-order valence-corrected chi connectivity index (χ3v) is 2.41. The summed E-state index contributed by atoms with van der Waals surface area (Å²) in [7, 11) is 0. The van der Waals surface area contributed by atoms with Crippen molar-refractivity contribution in [2.75, 3.05) is 0 Å². The minimum atomic E-state index is -0.627. The van der Waals surface area contributed by atoms with Crippen molar-refractivity contribution in [2.45, 2.75) is 6.61 Å². The van der Waals surface area contributed by atoms with Crippen LogP contribution in [-0.4, -0.2) is 16.5 Å². The number of aromatic nitrogens is 2. The van der Waals surface area contributed by atoms with Gasteiger partial charge in [0.1, 0.15) is 12.8 Å². The highest BCUT2D eigenvalue weighted by molar-refractivity contribution is 5.78. The lowest BCUT2D eigenvalue weighted by Crippen LogP contribution is -2.45. The number of benzene rings is 1. The van der Waals surface area contributed by atoms with Gasteiger partial charge < -0.3 is 20.7 Å². The number of aliphatic hydroxyl groups is 1. The number of hydrogen-bond donors (Lipinski definition) is 2. The summed E-state index contributed by atoms with van der Waals surface area (Å²) >= 11 is 0. The Bertz CT molecular complexity index is 598. The molecule has 88 valence electrons. The first-order valence-corrected chi connectivity index (χ1v) is 4.75. The lowest BCUT2D eigenvalue weighted by atomic mass is 10.2. The molecule has 17 heavy (non-hydrogen) atoms. The fraction of sp³-hybridized carbons (Fsp3) is 0.100. The molecule has 0 amide bonds. The van der Waals surface area contributed by atoms with Crippen LogP contribution in [0.2, 0.25) is 0 Å². The third-order valence-electron chi connectivity index (χ3n) is 2.41. The van der Waals surface area contributed by atoms with Crippen LogP contribution >= 0.6 is 0 Å². The van der Waals surface area contributed by atoms with Gasteiger partial charge in [-0.2, -0.15) is 9.46 Å². The van der Waals surface area contributed by atoms with Crippen LogP contribution in [0.3, 0.4) is 0 Å². The van der Waals surface area contributed by atoms with E-state index in [9.17, 15) is 10.4 Å². The van der Waals surface area contributed by atoms with E-state index in [2.05, 4.69) is 5.16 Å². The van der Waals surface area contributed by atoms with Crippen molar-refractivity contribution in [3.63, 3.8) is 0 Å². The SMILES string of the molecule is [O-][n+]1c(/C=N/O)c(CO)[n+]([O-])c2ccccc21. The predicted molar refractivity (Wildman–Crippen MR) is 57.2 cm³/mol. The van der Waals surface area contributed by atoms with Crippen molar-refractivity contribution in [3.8, 4) is 0 Å². The van der Waals surface area contributed by atoms with Crippen molar-refractivity contribution in [1.29, 1.82) is 0 Å². The fourth-order valence-electron chi connectivity index (χ4n) is 1.63. The molecular weight excluding hydrogens is 226 g/mol. The maximum Gasteiger partial charge on any atom is 0.310 e. The second-order valence-electron chi connectivity index (χ2n) is 3.31. The minimum absolute atomic E-state index is 0.134. The highest BCUT2D eigenvalue weighted by Crippen LogP contribution is 2.08.